The lowest BCUT2D eigenvalue weighted by Crippen LogP contribution is -2.05. The molecule has 0 radical (unpaired) electrons. The second-order valence-electron chi connectivity index (χ2n) is 3.51. The molecule has 17 heavy (non-hydrogen) atoms. The number of ether oxygens (including phenoxy) is 2. The third-order valence-corrected chi connectivity index (χ3v) is 2.61. The standard InChI is InChI=1S/C13H14O4/c1-6-9(14)10-11(15)7(2)12(16-4)8(3)13(10)17-5/h1,15H,2-5H3. The first kappa shape index (κ1) is 12.9. The summed E-state index contributed by atoms with van der Waals surface area (Å²) in [6, 6.07) is 0. The van der Waals surface area contributed by atoms with Gasteiger partial charge in [-0.1, -0.05) is 0 Å². The van der Waals surface area contributed by atoms with E-state index in [0.29, 0.717) is 16.9 Å². The van der Waals surface area contributed by atoms with Crippen molar-refractivity contribution in [2.24, 2.45) is 0 Å². The minimum absolute atomic E-state index is 0.00537. The summed E-state index contributed by atoms with van der Waals surface area (Å²) in [5.41, 5.74) is 1.10. The van der Waals surface area contributed by atoms with Crippen LogP contribution in [0, 0.1) is 26.2 Å². The zero-order valence-electron chi connectivity index (χ0n) is 10.2. The van der Waals surface area contributed by atoms with Crippen molar-refractivity contribution < 1.29 is 19.4 Å². The van der Waals surface area contributed by atoms with Crippen LogP contribution in [0.2, 0.25) is 0 Å². The van der Waals surface area contributed by atoms with E-state index in [2.05, 4.69) is 0 Å². The van der Waals surface area contributed by atoms with E-state index in [4.69, 9.17) is 15.9 Å². The van der Waals surface area contributed by atoms with E-state index in [1.165, 1.54) is 14.2 Å². The van der Waals surface area contributed by atoms with Gasteiger partial charge < -0.3 is 14.6 Å². The molecule has 0 atom stereocenters. The number of hydrogen-bond donors (Lipinski definition) is 1. The first-order chi connectivity index (χ1) is 7.99. The Kier molecular flexibility index (Phi) is 3.64. The van der Waals surface area contributed by atoms with Crippen LogP contribution in [0.5, 0.6) is 17.2 Å². The van der Waals surface area contributed by atoms with Crippen LogP contribution in [-0.2, 0) is 0 Å². The van der Waals surface area contributed by atoms with Crippen molar-refractivity contribution in [1.29, 1.82) is 0 Å². The smallest absolute Gasteiger partial charge is 0.243 e. The third-order valence-electron chi connectivity index (χ3n) is 2.61. The van der Waals surface area contributed by atoms with Gasteiger partial charge in [-0.3, -0.25) is 4.79 Å². The number of carbonyl (C=O) groups is 1. The summed E-state index contributed by atoms with van der Waals surface area (Å²) >= 11 is 0. The number of Topliss-reactive ketones (excluding diaryl/α,β-unsaturated/α-hetero) is 1. The van der Waals surface area contributed by atoms with Gasteiger partial charge in [0.15, 0.2) is 0 Å². The number of benzene rings is 1. The van der Waals surface area contributed by atoms with Gasteiger partial charge in [0.2, 0.25) is 5.78 Å². The largest absolute Gasteiger partial charge is 0.507 e. The molecule has 0 aliphatic rings. The predicted octanol–water partition coefficient (Wildman–Crippen LogP) is 1.84. The van der Waals surface area contributed by atoms with Crippen LogP contribution < -0.4 is 9.47 Å². The Morgan fingerprint density at radius 2 is 1.71 bits per heavy atom. The zero-order valence-corrected chi connectivity index (χ0v) is 10.2. The van der Waals surface area contributed by atoms with Crippen molar-refractivity contribution in [3.63, 3.8) is 0 Å². The molecule has 0 amide bonds. The molecule has 1 aromatic carbocycles. The fourth-order valence-electron chi connectivity index (χ4n) is 1.82. The van der Waals surface area contributed by atoms with E-state index in [1.807, 2.05) is 5.92 Å². The van der Waals surface area contributed by atoms with Crippen LogP contribution >= 0.6 is 0 Å². The Morgan fingerprint density at radius 3 is 2.12 bits per heavy atom. The Morgan fingerprint density at radius 1 is 1.18 bits per heavy atom. The van der Waals surface area contributed by atoms with Crippen LogP contribution in [0.15, 0.2) is 0 Å². The number of carbonyl (C=O) groups excluding carboxylic acids is 1. The Labute approximate surface area is 100 Å². The van der Waals surface area contributed by atoms with Gasteiger partial charge in [0.1, 0.15) is 22.8 Å². The normalized spacial score (nSPS) is 9.59. The molecule has 1 rings (SSSR count). The predicted molar refractivity (Wildman–Crippen MR) is 63.8 cm³/mol. The molecule has 90 valence electrons. The number of aromatic hydroxyl groups is 1. The summed E-state index contributed by atoms with van der Waals surface area (Å²) in [7, 11) is 2.89. The van der Waals surface area contributed by atoms with E-state index in [9.17, 15) is 9.90 Å². The lowest BCUT2D eigenvalue weighted by Gasteiger charge is -2.17. The zero-order chi connectivity index (χ0) is 13.2. The average Bonchev–Trinajstić information content (AvgIpc) is 2.33. The fraction of sp³-hybridized carbons (Fsp3) is 0.308. The summed E-state index contributed by atoms with van der Waals surface area (Å²) in [4.78, 5) is 11.6. The van der Waals surface area contributed by atoms with E-state index in [0.717, 1.165) is 0 Å². The summed E-state index contributed by atoms with van der Waals surface area (Å²) in [5.74, 6) is 1.87. The van der Waals surface area contributed by atoms with Gasteiger partial charge >= 0.3 is 0 Å². The molecule has 0 fully saturated rings. The number of terminal acetylenes is 1. The number of methoxy groups -OCH3 is 2. The molecular weight excluding hydrogens is 220 g/mol. The Hall–Kier alpha value is -2.15. The molecule has 0 saturated carbocycles. The molecule has 1 N–H and O–H groups in total. The molecule has 1 aromatic rings. The van der Waals surface area contributed by atoms with E-state index in [1.54, 1.807) is 13.8 Å². The highest BCUT2D eigenvalue weighted by Crippen LogP contribution is 2.42. The molecule has 0 aliphatic heterocycles. The van der Waals surface area contributed by atoms with Crippen molar-refractivity contribution in [3.8, 4) is 29.6 Å². The third kappa shape index (κ3) is 1.92. The molecule has 4 nitrogen and oxygen atoms in total. The maximum absolute atomic E-state index is 11.6. The lowest BCUT2D eigenvalue weighted by atomic mass is 9.99. The van der Waals surface area contributed by atoms with Gasteiger partial charge in [-0.2, -0.15) is 0 Å². The van der Waals surface area contributed by atoms with Crippen LogP contribution in [0.4, 0.5) is 0 Å². The van der Waals surface area contributed by atoms with Gasteiger partial charge in [-0.05, 0) is 19.8 Å². The fourth-order valence-corrected chi connectivity index (χ4v) is 1.82. The minimum Gasteiger partial charge on any atom is -0.507 e. The molecule has 0 spiro atoms. The first-order valence-electron chi connectivity index (χ1n) is 4.94. The van der Waals surface area contributed by atoms with Gasteiger partial charge in [0.05, 0.1) is 14.2 Å². The highest BCUT2D eigenvalue weighted by Gasteiger charge is 2.24. The maximum Gasteiger partial charge on any atom is 0.243 e. The van der Waals surface area contributed by atoms with Crippen LogP contribution in [0.1, 0.15) is 21.5 Å². The highest BCUT2D eigenvalue weighted by atomic mass is 16.5. The SMILES string of the molecule is C#CC(=O)c1c(O)c(C)c(OC)c(C)c1OC. The minimum atomic E-state index is -0.617. The molecule has 0 bridgehead atoms. The van der Waals surface area contributed by atoms with Crippen molar-refractivity contribution in [1.82, 2.24) is 0 Å². The summed E-state index contributed by atoms with van der Waals surface area (Å²) in [5, 5.41) is 9.97. The summed E-state index contributed by atoms with van der Waals surface area (Å²) in [6.07, 6.45) is 5.07. The second-order valence-corrected chi connectivity index (χ2v) is 3.51. The van der Waals surface area contributed by atoms with Crippen molar-refractivity contribution in [2.45, 2.75) is 13.8 Å². The molecule has 0 aliphatic carbocycles. The maximum atomic E-state index is 11.6. The summed E-state index contributed by atoms with van der Waals surface area (Å²) in [6.45, 7) is 3.38. The molecule has 0 heterocycles. The van der Waals surface area contributed by atoms with Gasteiger partial charge in [0.25, 0.3) is 0 Å². The molecule has 0 saturated heterocycles. The number of phenols is 1. The van der Waals surface area contributed by atoms with Crippen LogP contribution in [-0.4, -0.2) is 25.1 Å². The van der Waals surface area contributed by atoms with Gasteiger partial charge in [-0.15, -0.1) is 6.42 Å². The lowest BCUT2D eigenvalue weighted by molar-refractivity contribution is 0.105. The van der Waals surface area contributed by atoms with E-state index >= 15 is 0 Å². The first-order valence-corrected chi connectivity index (χ1v) is 4.94. The van der Waals surface area contributed by atoms with E-state index in [-0.39, 0.29) is 17.1 Å². The number of phenolic OH excluding ortho intramolecular Hbond substituents is 1. The highest BCUT2D eigenvalue weighted by molar-refractivity contribution is 6.13. The number of rotatable bonds is 3. The Balaban J connectivity index is 3.73. The van der Waals surface area contributed by atoms with Gasteiger partial charge in [0, 0.05) is 11.1 Å². The average molecular weight is 234 g/mol. The monoisotopic (exact) mass is 234 g/mol. The molecular formula is C13H14O4. The van der Waals surface area contributed by atoms with Crippen molar-refractivity contribution in [2.75, 3.05) is 14.2 Å². The molecule has 0 unspecified atom stereocenters. The van der Waals surface area contributed by atoms with Gasteiger partial charge in [-0.25, -0.2) is 0 Å². The van der Waals surface area contributed by atoms with Crippen molar-refractivity contribution >= 4 is 5.78 Å². The number of hydrogen-bond acceptors (Lipinski definition) is 4. The van der Waals surface area contributed by atoms with Crippen LogP contribution in [0.3, 0.4) is 0 Å². The van der Waals surface area contributed by atoms with E-state index < -0.39 is 5.78 Å². The number of ketones is 1. The molecule has 0 aromatic heterocycles. The van der Waals surface area contributed by atoms with Crippen molar-refractivity contribution in [3.05, 3.63) is 16.7 Å². The quantitative estimate of drug-likeness (QED) is 0.492. The summed E-state index contributed by atoms with van der Waals surface area (Å²) < 4.78 is 10.3. The molecule has 4 heteroatoms. The second kappa shape index (κ2) is 4.79. The van der Waals surface area contributed by atoms with Crippen LogP contribution in [0.25, 0.3) is 0 Å². The topological polar surface area (TPSA) is 55.8 Å². The Bertz CT molecular complexity index is 509.